The van der Waals surface area contributed by atoms with Crippen LogP contribution in [0.2, 0.25) is 0 Å². The summed E-state index contributed by atoms with van der Waals surface area (Å²) < 4.78 is 0.723. The minimum Gasteiger partial charge on any atom is -0.273 e. The minimum absolute atomic E-state index is 0.0866. The van der Waals surface area contributed by atoms with Gasteiger partial charge in [-0.3, -0.25) is 14.9 Å². The van der Waals surface area contributed by atoms with Gasteiger partial charge in [0.25, 0.3) is 11.8 Å². The predicted molar refractivity (Wildman–Crippen MR) is 101 cm³/mol. The Labute approximate surface area is 157 Å². The summed E-state index contributed by atoms with van der Waals surface area (Å²) in [6.07, 6.45) is 3.45. The molecule has 1 fully saturated rings. The molecule has 4 amide bonds. The quantitative estimate of drug-likeness (QED) is 0.468. The third-order valence-electron chi connectivity index (χ3n) is 3.59. The van der Waals surface area contributed by atoms with Crippen molar-refractivity contribution in [2.75, 3.05) is 11.2 Å². The summed E-state index contributed by atoms with van der Waals surface area (Å²) >= 11 is 4.91. The van der Waals surface area contributed by atoms with Crippen LogP contribution in [0.1, 0.15) is 5.56 Å². The zero-order valence-electron chi connectivity index (χ0n) is 13.2. The first-order valence-corrected chi connectivity index (χ1v) is 9.32. The summed E-state index contributed by atoms with van der Waals surface area (Å²) in [6.45, 7) is 0. The van der Waals surface area contributed by atoms with E-state index in [0.29, 0.717) is 11.3 Å². The average Bonchev–Trinajstić information content (AvgIpc) is 2.59. The molecule has 2 aromatic rings. The van der Waals surface area contributed by atoms with Crippen LogP contribution < -0.4 is 10.2 Å². The van der Waals surface area contributed by atoms with E-state index in [1.807, 2.05) is 30.5 Å². The lowest BCUT2D eigenvalue weighted by molar-refractivity contribution is -0.122. The van der Waals surface area contributed by atoms with E-state index in [1.165, 1.54) is 6.08 Å². The van der Waals surface area contributed by atoms with Crippen molar-refractivity contribution in [3.63, 3.8) is 0 Å². The van der Waals surface area contributed by atoms with Crippen LogP contribution in [0.25, 0.3) is 6.08 Å². The summed E-state index contributed by atoms with van der Waals surface area (Å²) in [5, 5.41) is 2.21. The molecular weight excluding hydrogens is 404 g/mol. The second-order valence-electron chi connectivity index (χ2n) is 5.21. The SMILES string of the molecule is CSc1ccc(C=C2C(=O)NC(=O)N(c3cccc(Br)c3)C2=O)cc1. The first-order chi connectivity index (χ1) is 12.0. The van der Waals surface area contributed by atoms with Crippen LogP contribution in [0.4, 0.5) is 10.5 Å². The van der Waals surface area contributed by atoms with Crippen molar-refractivity contribution >= 4 is 57.3 Å². The summed E-state index contributed by atoms with van der Waals surface area (Å²) in [6, 6.07) is 13.4. The van der Waals surface area contributed by atoms with E-state index in [1.54, 1.807) is 36.0 Å². The van der Waals surface area contributed by atoms with E-state index < -0.39 is 17.8 Å². The van der Waals surface area contributed by atoms with Gasteiger partial charge in [-0.1, -0.05) is 34.1 Å². The number of benzene rings is 2. The summed E-state index contributed by atoms with van der Waals surface area (Å²) in [4.78, 5) is 39.0. The fourth-order valence-corrected chi connectivity index (χ4v) is 3.17. The molecule has 1 aliphatic heterocycles. The molecule has 0 unspecified atom stereocenters. The first-order valence-electron chi connectivity index (χ1n) is 7.30. The Morgan fingerprint density at radius 2 is 1.80 bits per heavy atom. The Morgan fingerprint density at radius 3 is 2.44 bits per heavy atom. The Hall–Kier alpha value is -2.38. The van der Waals surface area contributed by atoms with Gasteiger partial charge in [-0.05, 0) is 48.2 Å². The highest BCUT2D eigenvalue weighted by atomic mass is 79.9. The van der Waals surface area contributed by atoms with Gasteiger partial charge in [-0.25, -0.2) is 9.69 Å². The number of imide groups is 2. The normalized spacial score (nSPS) is 16.3. The number of rotatable bonds is 3. The van der Waals surface area contributed by atoms with Gasteiger partial charge in [0.15, 0.2) is 0 Å². The van der Waals surface area contributed by atoms with Crippen molar-refractivity contribution in [3.8, 4) is 0 Å². The number of anilines is 1. The molecule has 1 saturated heterocycles. The molecule has 0 aromatic heterocycles. The van der Waals surface area contributed by atoms with Crippen LogP contribution in [-0.4, -0.2) is 24.1 Å². The van der Waals surface area contributed by atoms with E-state index in [4.69, 9.17) is 0 Å². The van der Waals surface area contributed by atoms with Crippen LogP contribution in [0.5, 0.6) is 0 Å². The maximum absolute atomic E-state index is 12.7. The number of carbonyl (C=O) groups is 3. The number of hydrogen-bond acceptors (Lipinski definition) is 4. The number of halogens is 1. The summed E-state index contributed by atoms with van der Waals surface area (Å²) in [5.74, 6) is -1.35. The van der Waals surface area contributed by atoms with Crippen molar-refractivity contribution in [3.05, 3.63) is 64.1 Å². The Balaban J connectivity index is 1.98. The minimum atomic E-state index is -0.761. The highest BCUT2D eigenvalue weighted by molar-refractivity contribution is 9.10. The molecule has 0 bridgehead atoms. The van der Waals surface area contributed by atoms with Crippen molar-refractivity contribution in [2.24, 2.45) is 0 Å². The van der Waals surface area contributed by atoms with Crippen LogP contribution >= 0.6 is 27.7 Å². The molecule has 1 aliphatic rings. The van der Waals surface area contributed by atoms with Crippen LogP contribution in [0.3, 0.4) is 0 Å². The molecule has 5 nitrogen and oxygen atoms in total. The van der Waals surface area contributed by atoms with E-state index >= 15 is 0 Å². The second kappa shape index (κ2) is 7.25. The molecule has 1 N–H and O–H groups in total. The molecule has 0 saturated carbocycles. The maximum atomic E-state index is 12.7. The van der Waals surface area contributed by atoms with Crippen molar-refractivity contribution in [2.45, 2.75) is 4.90 Å². The fraction of sp³-hybridized carbons (Fsp3) is 0.0556. The molecule has 126 valence electrons. The molecule has 0 radical (unpaired) electrons. The third kappa shape index (κ3) is 3.67. The molecule has 7 heteroatoms. The highest BCUT2D eigenvalue weighted by Gasteiger charge is 2.36. The molecule has 0 aliphatic carbocycles. The van der Waals surface area contributed by atoms with E-state index in [2.05, 4.69) is 21.2 Å². The average molecular weight is 417 g/mol. The van der Waals surface area contributed by atoms with Crippen molar-refractivity contribution in [1.29, 1.82) is 0 Å². The number of nitrogens with zero attached hydrogens (tertiary/aromatic N) is 1. The molecule has 25 heavy (non-hydrogen) atoms. The zero-order valence-corrected chi connectivity index (χ0v) is 15.6. The first kappa shape index (κ1) is 17.4. The van der Waals surface area contributed by atoms with Gasteiger partial charge in [0.2, 0.25) is 0 Å². The molecule has 3 rings (SSSR count). The van der Waals surface area contributed by atoms with Crippen LogP contribution in [0.15, 0.2) is 63.5 Å². The number of thioether (sulfide) groups is 1. The maximum Gasteiger partial charge on any atom is 0.335 e. The Bertz CT molecular complexity index is 893. The Morgan fingerprint density at radius 1 is 1.08 bits per heavy atom. The highest BCUT2D eigenvalue weighted by Crippen LogP contribution is 2.25. The molecule has 0 atom stereocenters. The lowest BCUT2D eigenvalue weighted by atomic mass is 10.1. The lowest BCUT2D eigenvalue weighted by Crippen LogP contribution is -2.54. The monoisotopic (exact) mass is 416 g/mol. The molecular formula is C18H13BrN2O3S. The number of carbonyl (C=O) groups excluding carboxylic acids is 3. The Kier molecular flexibility index (Phi) is 5.06. The molecule has 2 aromatic carbocycles. The number of amides is 4. The fourth-order valence-electron chi connectivity index (χ4n) is 2.37. The third-order valence-corrected chi connectivity index (χ3v) is 4.83. The number of barbiturate groups is 1. The van der Waals surface area contributed by atoms with E-state index in [-0.39, 0.29) is 5.57 Å². The molecule has 0 spiro atoms. The van der Waals surface area contributed by atoms with Gasteiger partial charge >= 0.3 is 6.03 Å². The van der Waals surface area contributed by atoms with Gasteiger partial charge in [-0.15, -0.1) is 11.8 Å². The number of hydrogen-bond donors (Lipinski definition) is 1. The van der Waals surface area contributed by atoms with Crippen molar-refractivity contribution < 1.29 is 14.4 Å². The summed E-state index contributed by atoms with van der Waals surface area (Å²) in [5.41, 5.74) is 1.00. The zero-order chi connectivity index (χ0) is 18.0. The van der Waals surface area contributed by atoms with Gasteiger partial charge in [0, 0.05) is 9.37 Å². The van der Waals surface area contributed by atoms with Crippen molar-refractivity contribution in [1.82, 2.24) is 5.32 Å². The van der Waals surface area contributed by atoms with Crippen LogP contribution in [-0.2, 0) is 9.59 Å². The lowest BCUT2D eigenvalue weighted by Gasteiger charge is -2.26. The number of urea groups is 1. The van der Waals surface area contributed by atoms with Gasteiger partial charge in [0.1, 0.15) is 5.57 Å². The number of nitrogens with one attached hydrogen (secondary N) is 1. The smallest absolute Gasteiger partial charge is 0.273 e. The second-order valence-corrected chi connectivity index (χ2v) is 7.01. The van der Waals surface area contributed by atoms with Gasteiger partial charge < -0.3 is 0 Å². The van der Waals surface area contributed by atoms with Gasteiger partial charge in [0.05, 0.1) is 5.69 Å². The predicted octanol–water partition coefficient (Wildman–Crippen LogP) is 3.84. The van der Waals surface area contributed by atoms with Gasteiger partial charge in [-0.2, -0.15) is 0 Å². The topological polar surface area (TPSA) is 66.5 Å². The molecule has 1 heterocycles. The van der Waals surface area contributed by atoms with Crippen LogP contribution in [0, 0.1) is 0 Å². The summed E-state index contributed by atoms with van der Waals surface area (Å²) in [7, 11) is 0. The standard InChI is InChI=1S/C18H13BrN2O3S/c1-25-14-7-5-11(6-8-14)9-15-16(22)20-18(24)21(17(15)23)13-4-2-3-12(19)10-13/h2-10H,1H3,(H,20,22,24). The van der Waals surface area contributed by atoms with E-state index in [0.717, 1.165) is 14.3 Å². The largest absolute Gasteiger partial charge is 0.335 e. The van der Waals surface area contributed by atoms with E-state index in [9.17, 15) is 14.4 Å².